The predicted molar refractivity (Wildman–Crippen MR) is 158 cm³/mol. The molecule has 234 valence electrons. The maximum atomic E-state index is 12.8. The van der Waals surface area contributed by atoms with Crippen LogP contribution in [-0.2, 0) is 16.0 Å². The van der Waals surface area contributed by atoms with Gasteiger partial charge in [0.2, 0.25) is 5.91 Å². The maximum absolute atomic E-state index is 12.8. The molecule has 4 unspecified atom stereocenters. The van der Waals surface area contributed by atoms with Gasteiger partial charge in [-0.25, -0.2) is 9.59 Å². The molecule has 1 aromatic rings. The predicted octanol–water partition coefficient (Wildman–Crippen LogP) is 4.36. The van der Waals surface area contributed by atoms with Crippen molar-refractivity contribution < 1.29 is 39.2 Å². The first kappa shape index (κ1) is 36.3. The Morgan fingerprint density at radius 1 is 0.927 bits per heavy atom. The Bertz CT molecular complexity index is 966. The van der Waals surface area contributed by atoms with E-state index in [1.165, 1.54) is 12.1 Å². The van der Waals surface area contributed by atoms with E-state index in [1.807, 2.05) is 27.7 Å². The average Bonchev–Trinajstić information content (AvgIpc) is 2.90. The van der Waals surface area contributed by atoms with E-state index < -0.39 is 30.0 Å². The molecular formula is C31H52N2O8. The fourth-order valence-electron chi connectivity index (χ4n) is 4.88. The zero-order chi connectivity index (χ0) is 31.1. The van der Waals surface area contributed by atoms with Gasteiger partial charge in [-0.2, -0.15) is 0 Å². The zero-order valence-electron chi connectivity index (χ0n) is 25.7. The number of aromatic carboxylic acids is 2. The molecule has 0 aliphatic heterocycles. The second-order valence-corrected chi connectivity index (χ2v) is 11.5. The van der Waals surface area contributed by atoms with Crippen molar-refractivity contribution >= 4 is 17.8 Å². The Hall–Kier alpha value is -2.69. The summed E-state index contributed by atoms with van der Waals surface area (Å²) in [4.78, 5) is 37.0. The molecule has 1 aromatic carbocycles. The van der Waals surface area contributed by atoms with Gasteiger partial charge in [0.1, 0.15) is 11.3 Å². The molecule has 0 radical (unpaired) electrons. The number of hydrogen-bond donors (Lipinski definition) is 5. The van der Waals surface area contributed by atoms with Crippen molar-refractivity contribution in [3.8, 4) is 5.75 Å². The third-order valence-electron chi connectivity index (χ3n) is 7.66. The topological polar surface area (TPSA) is 168 Å². The number of aliphatic hydroxyl groups is 1. The molecule has 1 rings (SSSR count). The van der Waals surface area contributed by atoms with Crippen molar-refractivity contribution in [2.75, 3.05) is 26.9 Å². The summed E-state index contributed by atoms with van der Waals surface area (Å²) in [5.41, 5.74) is 6.67. The number of carbonyl (C=O) groups is 3. The number of carboxylic acids is 2. The van der Waals surface area contributed by atoms with Gasteiger partial charge in [0.05, 0.1) is 18.3 Å². The highest BCUT2D eigenvalue weighted by molar-refractivity contribution is 5.96. The van der Waals surface area contributed by atoms with Crippen LogP contribution in [0.2, 0.25) is 0 Å². The highest BCUT2D eigenvalue weighted by Gasteiger charge is 2.31. The van der Waals surface area contributed by atoms with E-state index in [0.717, 1.165) is 12.8 Å². The van der Waals surface area contributed by atoms with Crippen molar-refractivity contribution in [1.29, 1.82) is 0 Å². The van der Waals surface area contributed by atoms with Gasteiger partial charge in [0.25, 0.3) is 0 Å². The summed E-state index contributed by atoms with van der Waals surface area (Å²) >= 11 is 0. The summed E-state index contributed by atoms with van der Waals surface area (Å²) in [6.45, 7) is 11.2. The fraction of sp³-hybridized carbons (Fsp3) is 0.710. The lowest BCUT2D eigenvalue weighted by Gasteiger charge is -2.30. The van der Waals surface area contributed by atoms with Crippen molar-refractivity contribution in [2.45, 2.75) is 91.7 Å². The Morgan fingerprint density at radius 3 is 2.07 bits per heavy atom. The number of ether oxygens (including phenoxy) is 2. The standard InChI is InChI=1S/C31H52N2O8/c1-7-8-13-33-29(35)24(20(4)5)18-27(34)26(32)17-21(19(2)3)16-25-22(30(36)37)11-12-23(31(38)39)28(25)41-15-10-9-14-40-6/h11-12,19-21,24,26-27,34H,7-10,13-18,32H2,1-6H3,(H,33,35)(H,36,37)(H,38,39). The number of unbranched alkanes of at least 4 members (excludes halogenated alkanes) is 2. The molecule has 0 heterocycles. The third-order valence-corrected chi connectivity index (χ3v) is 7.66. The van der Waals surface area contributed by atoms with Crippen LogP contribution in [0.3, 0.4) is 0 Å². The number of methoxy groups -OCH3 is 1. The monoisotopic (exact) mass is 580 g/mol. The highest BCUT2D eigenvalue weighted by Crippen LogP contribution is 2.34. The number of hydrogen-bond acceptors (Lipinski definition) is 7. The van der Waals surface area contributed by atoms with E-state index in [-0.39, 0.29) is 60.0 Å². The number of carbonyl (C=O) groups excluding carboxylic acids is 1. The van der Waals surface area contributed by atoms with Crippen LogP contribution < -0.4 is 15.8 Å². The molecular weight excluding hydrogens is 528 g/mol. The number of benzene rings is 1. The van der Waals surface area contributed by atoms with Crippen LogP contribution in [0.1, 0.15) is 99.4 Å². The molecule has 0 saturated heterocycles. The lowest BCUT2D eigenvalue weighted by atomic mass is 9.79. The van der Waals surface area contributed by atoms with Crippen molar-refractivity contribution in [3.63, 3.8) is 0 Å². The molecule has 0 bridgehead atoms. The molecule has 10 heteroatoms. The molecule has 0 saturated carbocycles. The van der Waals surface area contributed by atoms with Crippen LogP contribution in [0.15, 0.2) is 12.1 Å². The molecule has 41 heavy (non-hydrogen) atoms. The zero-order valence-corrected chi connectivity index (χ0v) is 25.7. The SMILES string of the molecule is CCCCNC(=O)C(CC(O)C(N)CC(Cc1c(C(=O)O)ccc(C(=O)O)c1OCCCCOC)C(C)C)C(C)C. The molecule has 10 nitrogen and oxygen atoms in total. The molecule has 4 atom stereocenters. The number of aliphatic hydroxyl groups excluding tert-OH is 1. The normalized spacial score (nSPS) is 14.5. The summed E-state index contributed by atoms with van der Waals surface area (Å²) in [7, 11) is 1.59. The van der Waals surface area contributed by atoms with E-state index in [4.69, 9.17) is 15.2 Å². The minimum atomic E-state index is -1.21. The molecule has 0 aliphatic rings. The Kier molecular flexibility index (Phi) is 16.6. The second kappa shape index (κ2) is 18.7. The molecule has 0 aromatic heterocycles. The van der Waals surface area contributed by atoms with Gasteiger partial charge in [-0.15, -0.1) is 0 Å². The van der Waals surface area contributed by atoms with Gasteiger partial charge in [-0.05, 0) is 68.4 Å². The number of nitrogens with one attached hydrogen (secondary N) is 1. The quantitative estimate of drug-likeness (QED) is 0.133. The second-order valence-electron chi connectivity index (χ2n) is 11.5. The van der Waals surface area contributed by atoms with Gasteiger partial charge in [0.15, 0.2) is 0 Å². The van der Waals surface area contributed by atoms with Gasteiger partial charge < -0.3 is 35.8 Å². The Labute approximate surface area is 245 Å². The van der Waals surface area contributed by atoms with Crippen LogP contribution in [-0.4, -0.2) is 72.2 Å². The minimum absolute atomic E-state index is 0.0138. The van der Waals surface area contributed by atoms with E-state index in [0.29, 0.717) is 38.0 Å². The van der Waals surface area contributed by atoms with Crippen molar-refractivity contribution in [2.24, 2.45) is 29.4 Å². The lowest BCUT2D eigenvalue weighted by Crippen LogP contribution is -2.43. The summed E-state index contributed by atoms with van der Waals surface area (Å²) < 4.78 is 11.0. The number of amides is 1. The first-order valence-corrected chi connectivity index (χ1v) is 14.8. The van der Waals surface area contributed by atoms with Gasteiger partial charge >= 0.3 is 11.9 Å². The largest absolute Gasteiger partial charge is 0.492 e. The van der Waals surface area contributed by atoms with Gasteiger partial charge in [0, 0.05) is 37.8 Å². The van der Waals surface area contributed by atoms with Crippen molar-refractivity contribution in [1.82, 2.24) is 5.32 Å². The molecule has 0 spiro atoms. The fourth-order valence-corrected chi connectivity index (χ4v) is 4.88. The van der Waals surface area contributed by atoms with Crippen LogP contribution in [0.25, 0.3) is 0 Å². The lowest BCUT2D eigenvalue weighted by molar-refractivity contribution is -0.127. The van der Waals surface area contributed by atoms with Gasteiger partial charge in [-0.1, -0.05) is 41.0 Å². The average molecular weight is 581 g/mol. The van der Waals surface area contributed by atoms with Gasteiger partial charge in [-0.3, -0.25) is 4.79 Å². The Morgan fingerprint density at radius 2 is 1.54 bits per heavy atom. The van der Waals surface area contributed by atoms with E-state index in [2.05, 4.69) is 12.2 Å². The van der Waals surface area contributed by atoms with Crippen LogP contribution in [0.4, 0.5) is 0 Å². The first-order chi connectivity index (χ1) is 19.3. The number of rotatable bonds is 21. The summed E-state index contributed by atoms with van der Waals surface area (Å²) in [5, 5.41) is 33.8. The first-order valence-electron chi connectivity index (χ1n) is 14.8. The summed E-state index contributed by atoms with van der Waals surface area (Å²) in [6, 6.07) is 1.90. The van der Waals surface area contributed by atoms with Crippen LogP contribution in [0.5, 0.6) is 5.75 Å². The molecule has 1 amide bonds. The van der Waals surface area contributed by atoms with E-state index >= 15 is 0 Å². The smallest absolute Gasteiger partial charge is 0.339 e. The number of carboxylic acid groups (broad SMARTS) is 2. The van der Waals surface area contributed by atoms with Crippen molar-refractivity contribution in [3.05, 3.63) is 28.8 Å². The highest BCUT2D eigenvalue weighted by atomic mass is 16.5. The third kappa shape index (κ3) is 12.0. The summed E-state index contributed by atoms with van der Waals surface area (Å²) in [5.74, 6) is -2.96. The summed E-state index contributed by atoms with van der Waals surface area (Å²) in [6.07, 6.45) is 3.00. The number of nitrogens with two attached hydrogens (primary N) is 1. The molecule has 6 N–H and O–H groups in total. The van der Waals surface area contributed by atoms with Crippen LogP contribution >= 0.6 is 0 Å². The van der Waals surface area contributed by atoms with E-state index in [9.17, 15) is 29.7 Å². The molecule has 0 fully saturated rings. The van der Waals surface area contributed by atoms with Crippen LogP contribution in [0, 0.1) is 23.7 Å². The minimum Gasteiger partial charge on any atom is -0.492 e. The Balaban J connectivity index is 3.21. The maximum Gasteiger partial charge on any atom is 0.339 e. The van der Waals surface area contributed by atoms with E-state index in [1.54, 1.807) is 7.11 Å². The molecule has 0 aliphatic carbocycles.